The summed E-state index contributed by atoms with van der Waals surface area (Å²) in [5, 5.41) is 9.95. The Morgan fingerprint density at radius 2 is 1.44 bits per heavy atom. The van der Waals surface area contributed by atoms with Crippen molar-refractivity contribution in [1.82, 2.24) is 0 Å². The third kappa shape index (κ3) is 1.20. The number of fused-ring (bicyclic) bond motifs is 1. The fourth-order valence-corrected chi connectivity index (χ4v) is 3.76. The lowest BCUT2D eigenvalue weighted by atomic mass is 9.59. The van der Waals surface area contributed by atoms with E-state index < -0.39 is 6.56 Å². The first kappa shape index (κ1) is 8.49. The molecule has 0 aromatic heterocycles. The Hall–Kier alpha value is -1.60. The highest BCUT2D eigenvalue weighted by Crippen LogP contribution is 2.54. The van der Waals surface area contributed by atoms with Gasteiger partial charge in [-0.25, -0.2) is 0 Å². The summed E-state index contributed by atoms with van der Waals surface area (Å²) in [6.07, 6.45) is 0.683. The van der Waals surface area contributed by atoms with Gasteiger partial charge in [0.05, 0.1) is 2.74 Å². The van der Waals surface area contributed by atoms with Gasteiger partial charge in [0.2, 0.25) is 0 Å². The Kier molecular flexibility index (Phi) is 1.74. The van der Waals surface area contributed by atoms with Gasteiger partial charge in [-0.3, -0.25) is 0 Å². The van der Waals surface area contributed by atoms with Gasteiger partial charge in [-0.05, 0) is 34.6 Å². The molecule has 2 bridgehead atoms. The van der Waals surface area contributed by atoms with Crippen molar-refractivity contribution in [2.75, 3.05) is 6.56 Å². The second kappa shape index (κ2) is 3.69. The van der Waals surface area contributed by atoms with Crippen molar-refractivity contribution >= 4 is 0 Å². The molecule has 0 amide bonds. The number of hydrogen-bond donors (Lipinski definition) is 1. The van der Waals surface area contributed by atoms with Gasteiger partial charge in [0.15, 0.2) is 0 Å². The first-order valence-electron chi connectivity index (χ1n) is 7.47. The normalized spacial score (nSPS) is 30.2. The second-order valence-electron chi connectivity index (χ2n) is 5.26. The van der Waals surface area contributed by atoms with E-state index in [2.05, 4.69) is 24.3 Å². The molecule has 0 spiro atoms. The summed E-state index contributed by atoms with van der Waals surface area (Å²) >= 11 is 0. The average molecular weight is 238 g/mol. The fourth-order valence-electron chi connectivity index (χ4n) is 3.76. The molecule has 1 heteroatoms. The van der Waals surface area contributed by atoms with E-state index in [0.29, 0.717) is 6.42 Å². The monoisotopic (exact) mass is 238 g/mol. The van der Waals surface area contributed by atoms with Gasteiger partial charge < -0.3 is 5.11 Å². The van der Waals surface area contributed by atoms with E-state index in [4.69, 9.17) is 2.74 Å². The standard InChI is InChI=1S/C17H16O/c18-10-11-9-16-12-5-1-3-7-14(12)17(11)15-8-4-2-6-13(15)16/h1-8,11,16-18H,9-10H2/t11-,16?,17?/m0/s1/i10D2. The van der Waals surface area contributed by atoms with Crippen LogP contribution in [0.1, 0.15) is 43.3 Å². The summed E-state index contributed by atoms with van der Waals surface area (Å²) in [6, 6.07) is 16.6. The molecule has 0 fully saturated rings. The van der Waals surface area contributed by atoms with E-state index >= 15 is 0 Å². The molecule has 3 aliphatic carbocycles. The second-order valence-corrected chi connectivity index (χ2v) is 5.26. The Labute approximate surface area is 110 Å². The van der Waals surface area contributed by atoms with Crippen molar-refractivity contribution in [1.29, 1.82) is 0 Å². The summed E-state index contributed by atoms with van der Waals surface area (Å²) in [7, 11) is 0. The van der Waals surface area contributed by atoms with Crippen LogP contribution in [0.4, 0.5) is 0 Å². The summed E-state index contributed by atoms with van der Waals surface area (Å²) in [6.45, 7) is -2.13. The van der Waals surface area contributed by atoms with Crippen LogP contribution in [-0.2, 0) is 0 Å². The molecule has 0 unspecified atom stereocenters. The maximum Gasteiger partial charge on any atom is 0.0567 e. The lowest BCUT2D eigenvalue weighted by Crippen LogP contribution is -2.33. The summed E-state index contributed by atoms with van der Waals surface area (Å²) in [5.74, 6) is -0.190. The Morgan fingerprint density at radius 1 is 0.944 bits per heavy atom. The largest absolute Gasteiger partial charge is 0.396 e. The smallest absolute Gasteiger partial charge is 0.0567 e. The zero-order chi connectivity index (χ0) is 13.9. The number of rotatable bonds is 1. The van der Waals surface area contributed by atoms with Crippen LogP contribution in [-0.4, -0.2) is 11.7 Å². The third-order valence-corrected chi connectivity index (χ3v) is 4.47. The van der Waals surface area contributed by atoms with E-state index in [1.807, 2.05) is 24.3 Å². The molecule has 1 N–H and O–H groups in total. The predicted octanol–water partition coefficient (Wildman–Crippen LogP) is 3.28. The molecule has 0 saturated carbocycles. The zero-order valence-electron chi connectivity index (χ0n) is 12.0. The van der Waals surface area contributed by atoms with Crippen LogP contribution in [0.15, 0.2) is 48.5 Å². The Bertz CT molecular complexity index is 627. The highest BCUT2D eigenvalue weighted by molar-refractivity contribution is 5.55. The molecular formula is C17H16O. The molecule has 0 radical (unpaired) electrons. The van der Waals surface area contributed by atoms with E-state index in [1.54, 1.807) is 0 Å². The molecule has 2 aromatic carbocycles. The minimum absolute atomic E-state index is 0.0348. The average Bonchev–Trinajstić information content (AvgIpc) is 2.46. The maximum absolute atomic E-state index is 9.95. The van der Waals surface area contributed by atoms with Gasteiger partial charge in [-0.1, -0.05) is 48.5 Å². The van der Waals surface area contributed by atoms with Gasteiger partial charge in [0.25, 0.3) is 0 Å². The van der Waals surface area contributed by atoms with Crippen molar-refractivity contribution in [2.24, 2.45) is 5.92 Å². The molecule has 0 saturated heterocycles. The van der Waals surface area contributed by atoms with Crippen molar-refractivity contribution in [3.05, 3.63) is 70.8 Å². The Morgan fingerprint density at radius 3 is 1.94 bits per heavy atom. The molecule has 3 aliphatic rings. The molecular weight excluding hydrogens is 220 g/mol. The van der Waals surface area contributed by atoms with E-state index in [-0.39, 0.29) is 17.8 Å². The molecule has 0 aliphatic heterocycles. The highest BCUT2D eigenvalue weighted by Gasteiger charge is 2.42. The SMILES string of the molecule is [2H]C([2H])(O)[C@@H]1CC2c3ccccc3C1c1ccccc12. The van der Waals surface area contributed by atoms with Gasteiger partial charge in [0.1, 0.15) is 0 Å². The molecule has 0 heterocycles. The lowest BCUT2D eigenvalue weighted by molar-refractivity contribution is 0.186. The fraction of sp³-hybridized carbons (Fsp3) is 0.294. The summed E-state index contributed by atoms with van der Waals surface area (Å²) in [5.41, 5.74) is 4.98. The lowest BCUT2D eigenvalue weighted by Gasteiger charge is -2.45. The number of benzene rings is 2. The number of aliphatic hydroxyl groups is 1. The van der Waals surface area contributed by atoms with Crippen LogP contribution in [0.3, 0.4) is 0 Å². The molecule has 1 nitrogen and oxygen atoms in total. The summed E-state index contributed by atoms with van der Waals surface area (Å²) < 4.78 is 15.6. The molecule has 90 valence electrons. The molecule has 5 rings (SSSR count). The van der Waals surface area contributed by atoms with Gasteiger partial charge in [-0.2, -0.15) is 0 Å². The first-order chi connectivity index (χ1) is 9.57. The molecule has 18 heavy (non-hydrogen) atoms. The minimum Gasteiger partial charge on any atom is -0.396 e. The van der Waals surface area contributed by atoms with Crippen molar-refractivity contribution in [3.8, 4) is 0 Å². The molecule has 2 aromatic rings. The van der Waals surface area contributed by atoms with Gasteiger partial charge in [0, 0.05) is 18.4 Å². The predicted molar refractivity (Wildman–Crippen MR) is 71.8 cm³/mol. The highest BCUT2D eigenvalue weighted by atomic mass is 16.3. The van der Waals surface area contributed by atoms with Crippen LogP contribution >= 0.6 is 0 Å². The van der Waals surface area contributed by atoms with Crippen molar-refractivity contribution in [2.45, 2.75) is 18.3 Å². The van der Waals surface area contributed by atoms with Crippen molar-refractivity contribution in [3.63, 3.8) is 0 Å². The van der Waals surface area contributed by atoms with E-state index in [1.165, 1.54) is 22.3 Å². The minimum atomic E-state index is -2.13. The van der Waals surface area contributed by atoms with Crippen LogP contribution in [0, 0.1) is 5.92 Å². The van der Waals surface area contributed by atoms with Crippen LogP contribution < -0.4 is 0 Å². The first-order valence-corrected chi connectivity index (χ1v) is 6.47. The van der Waals surface area contributed by atoms with Crippen LogP contribution in [0.2, 0.25) is 0 Å². The number of hydrogen-bond acceptors (Lipinski definition) is 1. The topological polar surface area (TPSA) is 20.2 Å². The maximum atomic E-state index is 9.95. The van der Waals surface area contributed by atoms with Gasteiger partial charge >= 0.3 is 0 Å². The van der Waals surface area contributed by atoms with Crippen LogP contribution in [0.5, 0.6) is 0 Å². The van der Waals surface area contributed by atoms with E-state index in [9.17, 15) is 5.11 Å². The summed E-state index contributed by atoms with van der Waals surface area (Å²) in [4.78, 5) is 0. The van der Waals surface area contributed by atoms with Crippen molar-refractivity contribution < 1.29 is 7.85 Å². The van der Waals surface area contributed by atoms with E-state index in [0.717, 1.165) is 0 Å². The third-order valence-electron chi connectivity index (χ3n) is 4.47. The van der Waals surface area contributed by atoms with Gasteiger partial charge in [-0.15, -0.1) is 0 Å². The molecule has 1 atom stereocenters. The Balaban J connectivity index is 1.98. The van der Waals surface area contributed by atoms with Crippen LogP contribution in [0.25, 0.3) is 0 Å². The zero-order valence-corrected chi connectivity index (χ0v) is 10.0. The quantitative estimate of drug-likeness (QED) is 0.808.